The van der Waals surface area contributed by atoms with Crippen molar-refractivity contribution in [3.05, 3.63) is 65.7 Å². The van der Waals surface area contributed by atoms with Crippen LogP contribution in [0.25, 0.3) is 10.9 Å². The average molecular weight is 374 g/mol. The molecule has 1 fully saturated rings. The molecule has 144 valence electrons. The molecular formula is C23H26N4O. The van der Waals surface area contributed by atoms with Crippen molar-refractivity contribution in [2.24, 2.45) is 0 Å². The summed E-state index contributed by atoms with van der Waals surface area (Å²) in [6, 6.07) is 17.8. The number of hydrogen-bond acceptors (Lipinski definition) is 4. The third kappa shape index (κ3) is 3.85. The highest BCUT2D eigenvalue weighted by atomic mass is 16.1. The fraction of sp³-hybridized carbons (Fsp3) is 0.304. The van der Waals surface area contributed by atoms with Gasteiger partial charge >= 0.3 is 0 Å². The lowest BCUT2D eigenvalue weighted by Crippen LogP contribution is -2.44. The zero-order valence-corrected chi connectivity index (χ0v) is 16.5. The van der Waals surface area contributed by atoms with E-state index < -0.39 is 0 Å². The summed E-state index contributed by atoms with van der Waals surface area (Å²) in [4.78, 5) is 22.5. The SMILES string of the molecule is CCc1ccc(NC(=O)c2cc(N3CCN(C)CC3)nc3ccccc23)cc1. The molecule has 5 heteroatoms. The number of carbonyl (C=O) groups is 1. The van der Waals surface area contributed by atoms with Gasteiger partial charge in [0.2, 0.25) is 0 Å². The minimum atomic E-state index is -0.0989. The van der Waals surface area contributed by atoms with Crippen LogP contribution in [-0.2, 0) is 6.42 Å². The Morgan fingerprint density at radius 2 is 1.75 bits per heavy atom. The average Bonchev–Trinajstić information content (AvgIpc) is 2.74. The summed E-state index contributed by atoms with van der Waals surface area (Å²) in [7, 11) is 2.13. The highest BCUT2D eigenvalue weighted by Crippen LogP contribution is 2.25. The van der Waals surface area contributed by atoms with E-state index in [4.69, 9.17) is 4.98 Å². The third-order valence-electron chi connectivity index (χ3n) is 5.39. The van der Waals surface area contributed by atoms with Gasteiger partial charge in [-0.2, -0.15) is 0 Å². The number of nitrogens with one attached hydrogen (secondary N) is 1. The van der Waals surface area contributed by atoms with Gasteiger partial charge in [0.1, 0.15) is 5.82 Å². The number of piperazine rings is 1. The molecule has 1 N–H and O–H groups in total. The monoisotopic (exact) mass is 374 g/mol. The number of rotatable bonds is 4. The number of fused-ring (bicyclic) bond motifs is 1. The van der Waals surface area contributed by atoms with Crippen LogP contribution < -0.4 is 10.2 Å². The molecule has 0 aliphatic carbocycles. The van der Waals surface area contributed by atoms with Crippen LogP contribution in [0.1, 0.15) is 22.8 Å². The maximum Gasteiger partial charge on any atom is 0.256 e. The Morgan fingerprint density at radius 3 is 2.46 bits per heavy atom. The maximum absolute atomic E-state index is 13.1. The van der Waals surface area contributed by atoms with Gasteiger partial charge in [0.25, 0.3) is 5.91 Å². The van der Waals surface area contributed by atoms with E-state index in [2.05, 4.69) is 41.2 Å². The highest BCUT2D eigenvalue weighted by molar-refractivity contribution is 6.13. The smallest absolute Gasteiger partial charge is 0.256 e. The Morgan fingerprint density at radius 1 is 1.04 bits per heavy atom. The first-order valence-electron chi connectivity index (χ1n) is 9.87. The van der Waals surface area contributed by atoms with E-state index in [0.717, 1.165) is 55.0 Å². The molecule has 0 bridgehead atoms. The quantitative estimate of drug-likeness (QED) is 0.755. The van der Waals surface area contributed by atoms with Crippen LogP contribution in [0.3, 0.4) is 0 Å². The van der Waals surface area contributed by atoms with Gasteiger partial charge < -0.3 is 15.1 Å². The second-order valence-corrected chi connectivity index (χ2v) is 7.34. The molecule has 5 nitrogen and oxygen atoms in total. The molecule has 1 amide bonds. The van der Waals surface area contributed by atoms with Crippen molar-refractivity contribution in [3.8, 4) is 0 Å². The molecule has 0 unspecified atom stereocenters. The van der Waals surface area contributed by atoms with E-state index in [1.807, 2.05) is 42.5 Å². The van der Waals surface area contributed by atoms with E-state index in [9.17, 15) is 4.79 Å². The zero-order valence-electron chi connectivity index (χ0n) is 16.5. The van der Waals surface area contributed by atoms with Gasteiger partial charge in [-0.3, -0.25) is 4.79 Å². The number of likely N-dealkylation sites (N-methyl/N-ethyl adjacent to an activating group) is 1. The first-order chi connectivity index (χ1) is 13.6. The summed E-state index contributed by atoms with van der Waals surface area (Å²) in [6.45, 7) is 5.96. The molecular weight excluding hydrogens is 348 g/mol. The molecule has 2 aromatic carbocycles. The summed E-state index contributed by atoms with van der Waals surface area (Å²) < 4.78 is 0. The molecule has 0 spiro atoms. The largest absolute Gasteiger partial charge is 0.354 e. The topological polar surface area (TPSA) is 48.5 Å². The summed E-state index contributed by atoms with van der Waals surface area (Å²) >= 11 is 0. The fourth-order valence-electron chi connectivity index (χ4n) is 3.57. The van der Waals surface area contributed by atoms with E-state index in [-0.39, 0.29) is 5.91 Å². The van der Waals surface area contributed by atoms with Gasteiger partial charge in [-0.05, 0) is 43.3 Å². The molecule has 0 radical (unpaired) electrons. The molecule has 1 aliphatic rings. The number of nitrogens with zero attached hydrogens (tertiary/aromatic N) is 3. The normalized spacial score (nSPS) is 15.0. The summed E-state index contributed by atoms with van der Waals surface area (Å²) in [6.07, 6.45) is 0.984. The number of anilines is 2. The first kappa shape index (κ1) is 18.4. The molecule has 1 saturated heterocycles. The van der Waals surface area contributed by atoms with Crippen molar-refractivity contribution in [1.29, 1.82) is 0 Å². The molecule has 0 atom stereocenters. The molecule has 28 heavy (non-hydrogen) atoms. The van der Waals surface area contributed by atoms with E-state index in [1.165, 1.54) is 5.56 Å². The van der Waals surface area contributed by atoms with Crippen LogP contribution in [0.5, 0.6) is 0 Å². The predicted octanol–water partition coefficient (Wildman–Crippen LogP) is 3.80. The number of pyridine rings is 1. The van der Waals surface area contributed by atoms with E-state index >= 15 is 0 Å². The lowest BCUT2D eigenvalue weighted by molar-refractivity contribution is 0.102. The standard InChI is InChI=1S/C23H26N4O/c1-3-17-8-10-18(11-9-17)24-23(28)20-16-22(27-14-12-26(2)13-15-27)25-21-7-5-4-6-19(20)21/h4-11,16H,3,12-15H2,1-2H3,(H,24,28). The van der Waals surface area contributed by atoms with Crippen LogP contribution in [0.2, 0.25) is 0 Å². The molecule has 3 aromatic rings. The minimum absolute atomic E-state index is 0.0989. The van der Waals surface area contributed by atoms with Crippen molar-refractivity contribution in [1.82, 2.24) is 9.88 Å². The Labute approximate surface area is 166 Å². The van der Waals surface area contributed by atoms with Crippen LogP contribution >= 0.6 is 0 Å². The Hall–Kier alpha value is -2.92. The first-order valence-corrected chi connectivity index (χ1v) is 9.87. The van der Waals surface area contributed by atoms with Crippen molar-refractivity contribution < 1.29 is 4.79 Å². The number of amides is 1. The molecule has 1 aromatic heterocycles. The lowest BCUT2D eigenvalue weighted by Gasteiger charge is -2.33. The van der Waals surface area contributed by atoms with Crippen LogP contribution in [0, 0.1) is 0 Å². The van der Waals surface area contributed by atoms with E-state index in [1.54, 1.807) is 0 Å². The van der Waals surface area contributed by atoms with Crippen molar-refractivity contribution in [3.63, 3.8) is 0 Å². The third-order valence-corrected chi connectivity index (χ3v) is 5.39. The van der Waals surface area contributed by atoms with E-state index in [0.29, 0.717) is 5.56 Å². The number of aryl methyl sites for hydroxylation is 1. The van der Waals surface area contributed by atoms with Gasteiger partial charge in [0.05, 0.1) is 11.1 Å². The van der Waals surface area contributed by atoms with Crippen LogP contribution in [0.4, 0.5) is 11.5 Å². The van der Waals surface area contributed by atoms with Crippen molar-refractivity contribution >= 4 is 28.3 Å². The Bertz CT molecular complexity index is 976. The summed E-state index contributed by atoms with van der Waals surface area (Å²) in [5.41, 5.74) is 3.58. The Balaban J connectivity index is 1.66. The predicted molar refractivity (Wildman–Crippen MR) is 115 cm³/mol. The number of aromatic nitrogens is 1. The van der Waals surface area contributed by atoms with Crippen LogP contribution in [-0.4, -0.2) is 49.0 Å². The van der Waals surface area contributed by atoms with Crippen LogP contribution in [0.15, 0.2) is 54.6 Å². The number of carbonyl (C=O) groups excluding carboxylic acids is 1. The summed E-state index contributed by atoms with van der Waals surface area (Å²) in [5, 5.41) is 3.92. The second-order valence-electron chi connectivity index (χ2n) is 7.34. The molecule has 4 rings (SSSR count). The fourth-order valence-corrected chi connectivity index (χ4v) is 3.57. The second kappa shape index (κ2) is 7.98. The maximum atomic E-state index is 13.1. The van der Waals surface area contributed by atoms with Gasteiger partial charge in [-0.1, -0.05) is 37.3 Å². The van der Waals surface area contributed by atoms with Gasteiger partial charge in [0, 0.05) is 37.3 Å². The molecule has 0 saturated carbocycles. The van der Waals surface area contributed by atoms with Gasteiger partial charge in [0.15, 0.2) is 0 Å². The lowest BCUT2D eigenvalue weighted by atomic mass is 10.1. The molecule has 1 aliphatic heterocycles. The molecule has 2 heterocycles. The van der Waals surface area contributed by atoms with Gasteiger partial charge in [-0.15, -0.1) is 0 Å². The van der Waals surface area contributed by atoms with Gasteiger partial charge in [-0.25, -0.2) is 4.98 Å². The van der Waals surface area contributed by atoms with Crippen molar-refractivity contribution in [2.45, 2.75) is 13.3 Å². The number of benzene rings is 2. The number of hydrogen-bond donors (Lipinski definition) is 1. The summed E-state index contributed by atoms with van der Waals surface area (Å²) in [5.74, 6) is 0.775. The number of para-hydroxylation sites is 1. The zero-order chi connectivity index (χ0) is 19.5. The van der Waals surface area contributed by atoms with Crippen molar-refractivity contribution in [2.75, 3.05) is 43.4 Å². The Kier molecular flexibility index (Phi) is 5.26. The highest BCUT2D eigenvalue weighted by Gasteiger charge is 2.19. The minimum Gasteiger partial charge on any atom is -0.354 e.